The summed E-state index contributed by atoms with van der Waals surface area (Å²) in [5.41, 5.74) is 2.48. The molecule has 0 spiro atoms. The minimum atomic E-state index is 0.543. The zero-order valence-electron chi connectivity index (χ0n) is 12.8. The van der Waals surface area contributed by atoms with E-state index in [0.29, 0.717) is 6.54 Å². The van der Waals surface area contributed by atoms with Crippen LogP contribution in [0.25, 0.3) is 10.9 Å². The highest BCUT2D eigenvalue weighted by Gasteiger charge is 2.10. The number of benzene rings is 1. The van der Waals surface area contributed by atoms with Crippen molar-refractivity contribution in [2.24, 2.45) is 7.05 Å². The molecule has 116 valence electrons. The van der Waals surface area contributed by atoms with Crippen LogP contribution in [0.5, 0.6) is 0 Å². The molecule has 4 rings (SSSR count). The maximum Gasteiger partial charge on any atom is 0.172 e. The summed E-state index contributed by atoms with van der Waals surface area (Å²) in [4.78, 5) is 11.9. The molecule has 3 aromatic heterocycles. The molecule has 4 aromatic rings. The van der Waals surface area contributed by atoms with Crippen LogP contribution in [0.2, 0.25) is 0 Å². The lowest BCUT2D eigenvalue weighted by molar-refractivity contribution is 0.637. The van der Waals surface area contributed by atoms with Gasteiger partial charge in [0.25, 0.3) is 0 Å². The molecule has 1 N–H and O–H groups in total. The van der Waals surface area contributed by atoms with Crippen LogP contribution in [0.4, 0.5) is 0 Å². The Labute approximate surface area is 133 Å². The molecule has 0 atom stereocenters. The predicted molar refractivity (Wildman–Crippen MR) is 85.8 cm³/mol. The second-order valence-electron chi connectivity index (χ2n) is 5.52. The highest BCUT2D eigenvalue weighted by atomic mass is 15.4. The van der Waals surface area contributed by atoms with Crippen LogP contribution in [0.15, 0.2) is 43.1 Å². The second-order valence-corrected chi connectivity index (χ2v) is 5.52. The van der Waals surface area contributed by atoms with Gasteiger partial charge in [0.1, 0.15) is 25.0 Å². The molecule has 0 saturated carbocycles. The van der Waals surface area contributed by atoms with Crippen molar-refractivity contribution in [2.75, 3.05) is 0 Å². The van der Waals surface area contributed by atoms with Crippen LogP contribution in [-0.2, 0) is 26.4 Å². The highest BCUT2D eigenvalue weighted by molar-refractivity contribution is 5.83. The summed E-state index contributed by atoms with van der Waals surface area (Å²) in [6.45, 7) is 0.543. The molecule has 0 fully saturated rings. The maximum atomic E-state index is 4.62. The third-order valence-corrected chi connectivity index (χ3v) is 3.96. The van der Waals surface area contributed by atoms with E-state index >= 15 is 0 Å². The van der Waals surface area contributed by atoms with E-state index in [1.54, 1.807) is 11.0 Å². The minimum absolute atomic E-state index is 0.543. The molecule has 0 aliphatic rings. The zero-order valence-corrected chi connectivity index (χ0v) is 12.8. The van der Waals surface area contributed by atoms with Gasteiger partial charge in [-0.25, -0.2) is 14.6 Å². The van der Waals surface area contributed by atoms with Crippen molar-refractivity contribution < 1.29 is 0 Å². The number of aryl methyl sites for hydroxylation is 3. The smallest absolute Gasteiger partial charge is 0.172 e. The first-order chi connectivity index (χ1) is 11.3. The Bertz CT molecular complexity index is 917. The van der Waals surface area contributed by atoms with Crippen molar-refractivity contribution in [1.29, 1.82) is 0 Å². The molecular formula is C16H17N7. The molecule has 0 aliphatic heterocycles. The lowest BCUT2D eigenvalue weighted by Gasteiger charge is -1.99. The quantitative estimate of drug-likeness (QED) is 0.609. The van der Waals surface area contributed by atoms with Gasteiger partial charge in [-0.15, -0.1) is 0 Å². The van der Waals surface area contributed by atoms with Gasteiger partial charge in [-0.05, 0) is 18.1 Å². The molecule has 3 heterocycles. The Morgan fingerprint density at radius 2 is 2.09 bits per heavy atom. The first-order valence-electron chi connectivity index (χ1n) is 7.56. The number of nitrogens with one attached hydrogen (secondary N) is 1. The van der Waals surface area contributed by atoms with Gasteiger partial charge in [-0.1, -0.05) is 18.2 Å². The topological polar surface area (TPSA) is 77.2 Å². The summed E-state index contributed by atoms with van der Waals surface area (Å²) in [6, 6.07) is 8.35. The van der Waals surface area contributed by atoms with Crippen LogP contribution < -0.4 is 0 Å². The lowest BCUT2D eigenvalue weighted by atomic mass is 10.1. The summed E-state index contributed by atoms with van der Waals surface area (Å²) in [5, 5.41) is 9.82. The highest BCUT2D eigenvalue weighted by Crippen LogP contribution is 2.19. The second kappa shape index (κ2) is 5.68. The van der Waals surface area contributed by atoms with E-state index in [9.17, 15) is 0 Å². The van der Waals surface area contributed by atoms with Crippen LogP contribution in [0.1, 0.15) is 17.2 Å². The van der Waals surface area contributed by atoms with Gasteiger partial charge in [0.2, 0.25) is 0 Å². The molecule has 7 heteroatoms. The Morgan fingerprint density at radius 1 is 1.17 bits per heavy atom. The zero-order chi connectivity index (χ0) is 15.6. The molecule has 0 aliphatic carbocycles. The van der Waals surface area contributed by atoms with Gasteiger partial charge in [-0.2, -0.15) is 10.2 Å². The minimum Gasteiger partial charge on any atom is -0.361 e. The molecule has 0 bridgehead atoms. The number of rotatable bonds is 5. The fourth-order valence-electron chi connectivity index (χ4n) is 2.80. The lowest BCUT2D eigenvalue weighted by Crippen LogP contribution is -2.02. The van der Waals surface area contributed by atoms with Gasteiger partial charge < -0.3 is 4.98 Å². The standard InChI is InChI=1S/C16H17N7/c1-22-16(20-15(21-22)9-23-11-17-10-19-23)7-6-12-8-18-14-5-3-2-4-13(12)14/h2-5,8,10-11,18H,6-7,9H2,1H3. The molecule has 0 unspecified atom stereocenters. The first kappa shape index (κ1) is 13.7. The average molecular weight is 307 g/mol. The van der Waals surface area contributed by atoms with Gasteiger partial charge in [0, 0.05) is 30.6 Å². The number of fused-ring (bicyclic) bond motifs is 1. The van der Waals surface area contributed by atoms with Crippen LogP contribution in [0.3, 0.4) is 0 Å². The van der Waals surface area contributed by atoms with Crippen LogP contribution >= 0.6 is 0 Å². The van der Waals surface area contributed by atoms with E-state index in [1.165, 1.54) is 22.8 Å². The Morgan fingerprint density at radius 3 is 2.96 bits per heavy atom. The monoisotopic (exact) mass is 307 g/mol. The largest absolute Gasteiger partial charge is 0.361 e. The van der Waals surface area contributed by atoms with Crippen molar-refractivity contribution in [3.8, 4) is 0 Å². The number of nitrogens with zero attached hydrogens (tertiary/aromatic N) is 6. The molecular weight excluding hydrogens is 290 g/mol. The Kier molecular flexibility index (Phi) is 3.38. The number of aromatic nitrogens is 7. The molecule has 0 saturated heterocycles. The third kappa shape index (κ3) is 2.73. The van der Waals surface area contributed by atoms with E-state index in [0.717, 1.165) is 24.5 Å². The van der Waals surface area contributed by atoms with E-state index in [-0.39, 0.29) is 0 Å². The Hall–Kier alpha value is -2.96. The first-order valence-corrected chi connectivity index (χ1v) is 7.56. The molecule has 0 amide bonds. The number of H-pyrrole nitrogens is 1. The van der Waals surface area contributed by atoms with Crippen molar-refractivity contribution in [3.05, 3.63) is 60.3 Å². The Balaban J connectivity index is 1.49. The summed E-state index contributed by atoms with van der Waals surface area (Å²) in [7, 11) is 1.93. The number of hydrogen-bond acceptors (Lipinski definition) is 4. The number of hydrogen-bond donors (Lipinski definition) is 1. The fourth-order valence-corrected chi connectivity index (χ4v) is 2.80. The number of aromatic amines is 1. The maximum absolute atomic E-state index is 4.62. The summed E-state index contributed by atoms with van der Waals surface area (Å²) in [5.74, 6) is 1.73. The van der Waals surface area contributed by atoms with Crippen molar-refractivity contribution in [1.82, 2.24) is 34.5 Å². The molecule has 7 nitrogen and oxygen atoms in total. The van der Waals surface area contributed by atoms with E-state index < -0.39 is 0 Å². The fraction of sp³-hybridized carbons (Fsp3) is 0.250. The van der Waals surface area contributed by atoms with Crippen LogP contribution in [0, 0.1) is 0 Å². The predicted octanol–water partition coefficient (Wildman–Crippen LogP) is 1.72. The van der Waals surface area contributed by atoms with Gasteiger partial charge >= 0.3 is 0 Å². The summed E-state index contributed by atoms with van der Waals surface area (Å²) in [6.07, 6.45) is 7.04. The van der Waals surface area contributed by atoms with Gasteiger partial charge in [0.15, 0.2) is 5.82 Å². The average Bonchev–Trinajstić information content (AvgIpc) is 3.27. The van der Waals surface area contributed by atoms with Crippen molar-refractivity contribution >= 4 is 10.9 Å². The van der Waals surface area contributed by atoms with E-state index in [4.69, 9.17) is 0 Å². The third-order valence-electron chi connectivity index (χ3n) is 3.96. The number of para-hydroxylation sites is 1. The summed E-state index contributed by atoms with van der Waals surface area (Å²) < 4.78 is 3.57. The van der Waals surface area contributed by atoms with Gasteiger partial charge in [-0.3, -0.25) is 4.68 Å². The van der Waals surface area contributed by atoms with Crippen molar-refractivity contribution in [2.45, 2.75) is 19.4 Å². The van der Waals surface area contributed by atoms with Crippen molar-refractivity contribution in [3.63, 3.8) is 0 Å². The van der Waals surface area contributed by atoms with E-state index in [1.807, 2.05) is 17.8 Å². The molecule has 1 aromatic carbocycles. The van der Waals surface area contributed by atoms with Crippen LogP contribution in [-0.4, -0.2) is 34.5 Å². The summed E-state index contributed by atoms with van der Waals surface area (Å²) >= 11 is 0. The normalized spacial score (nSPS) is 11.3. The molecule has 23 heavy (non-hydrogen) atoms. The van der Waals surface area contributed by atoms with Gasteiger partial charge in [0.05, 0.1) is 0 Å². The SMILES string of the molecule is Cn1nc(Cn2cncn2)nc1CCc1c[nH]c2ccccc12. The molecule has 0 radical (unpaired) electrons. The van der Waals surface area contributed by atoms with E-state index in [2.05, 4.69) is 49.5 Å².